The van der Waals surface area contributed by atoms with Crippen LogP contribution in [-0.2, 0) is 27.7 Å². The number of hydrogen-bond acceptors (Lipinski definition) is 4. The molecule has 0 bridgehead atoms. The predicted octanol–water partition coefficient (Wildman–Crippen LogP) is 5.35. The molecule has 0 aliphatic heterocycles. The third kappa shape index (κ3) is 5.73. The number of fused-ring (bicyclic) bond motifs is 1. The van der Waals surface area contributed by atoms with Gasteiger partial charge in [0.1, 0.15) is 12.3 Å². The number of amides is 1. The molecular weight excluding hydrogens is 472 g/mol. The molecule has 0 aromatic heterocycles. The summed E-state index contributed by atoms with van der Waals surface area (Å²) in [7, 11) is -2.42. The molecule has 1 N–H and O–H groups in total. The van der Waals surface area contributed by atoms with Crippen molar-refractivity contribution in [2.75, 3.05) is 18.0 Å². The maximum atomic E-state index is 13.6. The van der Waals surface area contributed by atoms with Gasteiger partial charge in [-0.1, -0.05) is 42.8 Å². The standard InChI is InChI=1S/C29H34N2O4S/c1-4-28(24-12-11-22-7-5-6-8-23(22)19-24)30-29(32)20-31(25-13-15-26(35-3)16-14-25)36(33,34)27-17-9-21(2)10-18-27/h9-19,28H,4-8,20H2,1-3H3,(H,30,32)/t28-/m1/s1. The lowest BCUT2D eigenvalue weighted by Crippen LogP contribution is -2.42. The highest BCUT2D eigenvalue weighted by molar-refractivity contribution is 7.92. The van der Waals surface area contributed by atoms with Gasteiger partial charge in [0, 0.05) is 0 Å². The lowest BCUT2D eigenvalue weighted by atomic mass is 9.89. The summed E-state index contributed by atoms with van der Waals surface area (Å²) in [5, 5.41) is 3.08. The Labute approximate surface area is 214 Å². The SMILES string of the molecule is CC[C@@H](NC(=O)CN(c1ccc(OC)cc1)S(=O)(=O)c1ccc(C)cc1)c1ccc2c(c1)CCCC2. The zero-order valence-electron chi connectivity index (χ0n) is 21.2. The van der Waals surface area contributed by atoms with Gasteiger partial charge in [-0.3, -0.25) is 9.10 Å². The van der Waals surface area contributed by atoms with E-state index < -0.39 is 10.0 Å². The molecule has 0 saturated heterocycles. The minimum Gasteiger partial charge on any atom is -0.497 e. The summed E-state index contributed by atoms with van der Waals surface area (Å²) in [5.74, 6) is 0.250. The van der Waals surface area contributed by atoms with Crippen molar-refractivity contribution >= 4 is 21.6 Å². The molecule has 6 nitrogen and oxygen atoms in total. The molecule has 1 aliphatic rings. The first-order valence-corrected chi connectivity index (χ1v) is 13.9. The maximum Gasteiger partial charge on any atom is 0.264 e. The van der Waals surface area contributed by atoms with Crippen molar-refractivity contribution in [2.45, 2.75) is 56.9 Å². The normalized spacial score (nSPS) is 14.0. The molecule has 36 heavy (non-hydrogen) atoms. The summed E-state index contributed by atoms with van der Waals surface area (Å²) in [5.41, 5.74) is 5.16. The van der Waals surface area contributed by atoms with E-state index in [2.05, 4.69) is 23.5 Å². The largest absolute Gasteiger partial charge is 0.497 e. The van der Waals surface area contributed by atoms with Crippen LogP contribution >= 0.6 is 0 Å². The quantitative estimate of drug-likeness (QED) is 0.425. The highest BCUT2D eigenvalue weighted by Crippen LogP contribution is 2.28. The average molecular weight is 507 g/mol. The van der Waals surface area contributed by atoms with Crippen molar-refractivity contribution in [1.82, 2.24) is 5.32 Å². The summed E-state index contributed by atoms with van der Waals surface area (Å²) in [6.07, 6.45) is 5.28. The van der Waals surface area contributed by atoms with Crippen LogP contribution in [0.2, 0.25) is 0 Å². The van der Waals surface area contributed by atoms with E-state index in [9.17, 15) is 13.2 Å². The highest BCUT2D eigenvalue weighted by Gasteiger charge is 2.28. The zero-order valence-corrected chi connectivity index (χ0v) is 22.0. The van der Waals surface area contributed by atoms with Crippen LogP contribution in [0.5, 0.6) is 5.75 Å². The van der Waals surface area contributed by atoms with Gasteiger partial charge in [-0.15, -0.1) is 0 Å². The Morgan fingerprint density at radius 2 is 1.64 bits per heavy atom. The molecule has 3 aromatic carbocycles. The van der Waals surface area contributed by atoms with Gasteiger partial charge >= 0.3 is 0 Å². The number of aryl methyl sites for hydroxylation is 3. The van der Waals surface area contributed by atoms with Crippen LogP contribution in [0.1, 0.15) is 54.5 Å². The molecule has 0 unspecified atom stereocenters. The number of nitrogens with one attached hydrogen (secondary N) is 1. The van der Waals surface area contributed by atoms with E-state index in [4.69, 9.17) is 4.74 Å². The summed E-state index contributed by atoms with van der Waals surface area (Å²) in [6, 6.07) is 19.6. The van der Waals surface area contributed by atoms with Gasteiger partial charge in [-0.05, 0) is 92.1 Å². The van der Waals surface area contributed by atoms with Crippen LogP contribution in [0.25, 0.3) is 0 Å². The summed E-state index contributed by atoms with van der Waals surface area (Å²) >= 11 is 0. The van der Waals surface area contributed by atoms with E-state index in [0.29, 0.717) is 17.9 Å². The van der Waals surface area contributed by atoms with Crippen LogP contribution < -0.4 is 14.4 Å². The molecule has 1 atom stereocenters. The van der Waals surface area contributed by atoms with Crippen LogP contribution in [-0.4, -0.2) is 28.0 Å². The topological polar surface area (TPSA) is 75.7 Å². The first kappa shape index (κ1) is 25.8. The third-order valence-corrected chi connectivity index (χ3v) is 8.56. The Morgan fingerprint density at radius 3 is 2.28 bits per heavy atom. The minimum absolute atomic E-state index is 0.137. The van der Waals surface area contributed by atoms with E-state index in [-0.39, 0.29) is 23.4 Å². The van der Waals surface area contributed by atoms with Gasteiger partial charge in [0.2, 0.25) is 5.91 Å². The van der Waals surface area contributed by atoms with Gasteiger partial charge in [0.15, 0.2) is 0 Å². The number of methoxy groups -OCH3 is 1. The monoisotopic (exact) mass is 506 g/mol. The van der Waals surface area contributed by atoms with Crippen molar-refractivity contribution in [1.29, 1.82) is 0 Å². The summed E-state index contributed by atoms with van der Waals surface area (Å²) in [4.78, 5) is 13.4. The molecule has 1 aliphatic carbocycles. The van der Waals surface area contributed by atoms with Crippen LogP contribution in [0, 0.1) is 6.92 Å². The van der Waals surface area contributed by atoms with Crippen molar-refractivity contribution in [2.24, 2.45) is 0 Å². The molecule has 190 valence electrons. The van der Waals surface area contributed by atoms with Gasteiger partial charge < -0.3 is 10.1 Å². The van der Waals surface area contributed by atoms with E-state index in [1.807, 2.05) is 13.8 Å². The highest BCUT2D eigenvalue weighted by atomic mass is 32.2. The fraction of sp³-hybridized carbons (Fsp3) is 0.345. The van der Waals surface area contributed by atoms with E-state index in [1.165, 1.54) is 24.0 Å². The lowest BCUT2D eigenvalue weighted by molar-refractivity contribution is -0.120. The van der Waals surface area contributed by atoms with Crippen LogP contribution in [0.15, 0.2) is 71.6 Å². The Balaban J connectivity index is 1.60. The second-order valence-electron chi connectivity index (χ2n) is 9.29. The number of nitrogens with zero attached hydrogens (tertiary/aromatic N) is 1. The molecule has 4 rings (SSSR count). The number of carbonyl (C=O) groups is 1. The van der Waals surface area contributed by atoms with Crippen molar-refractivity contribution in [3.8, 4) is 5.75 Å². The first-order valence-electron chi connectivity index (χ1n) is 12.5. The van der Waals surface area contributed by atoms with Gasteiger partial charge in [0.25, 0.3) is 10.0 Å². The third-order valence-electron chi connectivity index (χ3n) is 6.77. The van der Waals surface area contributed by atoms with E-state index in [1.54, 1.807) is 55.6 Å². The Kier molecular flexibility index (Phi) is 7.99. The number of ether oxygens (including phenoxy) is 1. The van der Waals surface area contributed by atoms with E-state index in [0.717, 1.165) is 28.3 Å². The molecule has 0 heterocycles. The smallest absolute Gasteiger partial charge is 0.264 e. The molecule has 0 radical (unpaired) electrons. The van der Waals surface area contributed by atoms with Gasteiger partial charge in [-0.2, -0.15) is 0 Å². The molecule has 0 spiro atoms. The fourth-order valence-corrected chi connectivity index (χ4v) is 6.08. The number of anilines is 1. The first-order chi connectivity index (χ1) is 17.3. The van der Waals surface area contributed by atoms with Crippen molar-refractivity contribution < 1.29 is 17.9 Å². The Morgan fingerprint density at radius 1 is 0.972 bits per heavy atom. The average Bonchev–Trinajstić information content (AvgIpc) is 2.90. The van der Waals surface area contributed by atoms with Crippen LogP contribution in [0.4, 0.5) is 5.69 Å². The molecule has 3 aromatic rings. The van der Waals surface area contributed by atoms with E-state index >= 15 is 0 Å². The Bertz CT molecular complexity index is 1300. The number of rotatable bonds is 9. The zero-order chi connectivity index (χ0) is 25.7. The Hall–Kier alpha value is -3.32. The molecule has 7 heteroatoms. The number of benzene rings is 3. The van der Waals surface area contributed by atoms with Crippen LogP contribution in [0.3, 0.4) is 0 Å². The van der Waals surface area contributed by atoms with Crippen molar-refractivity contribution in [3.05, 3.63) is 89.0 Å². The maximum absolute atomic E-state index is 13.6. The summed E-state index contributed by atoms with van der Waals surface area (Å²) < 4.78 is 33.6. The second-order valence-corrected chi connectivity index (χ2v) is 11.1. The fourth-order valence-electron chi connectivity index (χ4n) is 4.66. The lowest BCUT2D eigenvalue weighted by Gasteiger charge is -2.26. The number of carbonyl (C=O) groups excluding carboxylic acids is 1. The summed E-state index contributed by atoms with van der Waals surface area (Å²) in [6.45, 7) is 3.59. The molecule has 0 fully saturated rings. The number of sulfonamides is 1. The molecule has 1 amide bonds. The number of hydrogen-bond donors (Lipinski definition) is 1. The minimum atomic E-state index is -3.97. The van der Waals surface area contributed by atoms with Gasteiger partial charge in [-0.25, -0.2) is 8.42 Å². The molecule has 0 saturated carbocycles. The predicted molar refractivity (Wildman–Crippen MR) is 143 cm³/mol. The second kappa shape index (κ2) is 11.2. The van der Waals surface area contributed by atoms with Gasteiger partial charge in [0.05, 0.1) is 23.7 Å². The molecular formula is C29H34N2O4S. The van der Waals surface area contributed by atoms with Crippen molar-refractivity contribution in [3.63, 3.8) is 0 Å².